The molecule has 0 aromatic heterocycles. The molecule has 24 heavy (non-hydrogen) atoms. The summed E-state index contributed by atoms with van der Waals surface area (Å²) in [4.78, 5) is 7.40. The first kappa shape index (κ1) is 22.0. The van der Waals surface area contributed by atoms with Crippen molar-refractivity contribution in [3.8, 4) is 0 Å². The molecule has 1 saturated heterocycles. The van der Waals surface area contributed by atoms with Crippen LogP contribution in [0.5, 0.6) is 0 Å². The van der Waals surface area contributed by atoms with Crippen LogP contribution in [0.1, 0.15) is 73.1 Å². The van der Waals surface area contributed by atoms with E-state index in [1.165, 1.54) is 25.7 Å². The summed E-state index contributed by atoms with van der Waals surface area (Å²) in [5.41, 5.74) is 0.386. The number of hydrogen-bond donors (Lipinski definition) is 1. The number of nitrogens with one attached hydrogen (secondary N) is 1. The van der Waals surface area contributed by atoms with Crippen molar-refractivity contribution >= 4 is 29.9 Å². The average molecular weight is 451 g/mol. The maximum atomic E-state index is 6.14. The van der Waals surface area contributed by atoms with Gasteiger partial charge >= 0.3 is 0 Å². The molecule has 0 amide bonds. The smallest absolute Gasteiger partial charge is 0.193 e. The molecule has 1 aliphatic carbocycles. The van der Waals surface area contributed by atoms with Gasteiger partial charge in [-0.2, -0.15) is 0 Å². The Morgan fingerprint density at radius 2 is 1.79 bits per heavy atom. The summed E-state index contributed by atoms with van der Waals surface area (Å²) in [6, 6.07) is 0. The fourth-order valence-corrected chi connectivity index (χ4v) is 3.76. The van der Waals surface area contributed by atoms with Crippen LogP contribution in [0.4, 0.5) is 0 Å². The number of hydrogen-bond acceptors (Lipinski definition) is 2. The number of piperidine rings is 1. The zero-order chi connectivity index (χ0) is 16.9. The fraction of sp³-hybridized carbons (Fsp3) is 0.947. The fourth-order valence-electron chi connectivity index (χ4n) is 3.76. The highest BCUT2D eigenvalue weighted by atomic mass is 127. The lowest BCUT2D eigenvalue weighted by atomic mass is 9.89. The maximum absolute atomic E-state index is 6.14. The minimum atomic E-state index is -0.0392. The Labute approximate surface area is 166 Å². The van der Waals surface area contributed by atoms with Crippen LogP contribution in [-0.2, 0) is 4.74 Å². The van der Waals surface area contributed by atoms with Crippen LogP contribution in [0.15, 0.2) is 4.99 Å². The molecule has 0 spiro atoms. The molecule has 1 heterocycles. The first-order chi connectivity index (χ1) is 10.8. The van der Waals surface area contributed by atoms with Gasteiger partial charge in [-0.05, 0) is 58.8 Å². The van der Waals surface area contributed by atoms with Gasteiger partial charge in [0.15, 0.2) is 5.96 Å². The average Bonchev–Trinajstić information content (AvgIpc) is 2.90. The van der Waals surface area contributed by atoms with E-state index in [4.69, 9.17) is 9.73 Å². The van der Waals surface area contributed by atoms with Crippen LogP contribution >= 0.6 is 24.0 Å². The second kappa shape index (κ2) is 9.60. The Morgan fingerprint density at radius 3 is 2.29 bits per heavy atom. The molecule has 2 aliphatic rings. The highest BCUT2D eigenvalue weighted by Crippen LogP contribution is 2.37. The molecule has 142 valence electrons. The van der Waals surface area contributed by atoms with Crippen molar-refractivity contribution in [3.63, 3.8) is 0 Å². The van der Waals surface area contributed by atoms with Gasteiger partial charge in [0.05, 0.1) is 11.7 Å². The minimum absolute atomic E-state index is 0. The highest BCUT2D eigenvalue weighted by Gasteiger charge is 2.29. The molecule has 1 saturated carbocycles. The minimum Gasteiger partial charge on any atom is -0.372 e. The monoisotopic (exact) mass is 451 g/mol. The van der Waals surface area contributed by atoms with Gasteiger partial charge in [-0.1, -0.05) is 19.8 Å². The van der Waals surface area contributed by atoms with Crippen LogP contribution in [0.2, 0.25) is 0 Å². The first-order valence-corrected chi connectivity index (χ1v) is 9.52. The van der Waals surface area contributed by atoms with Crippen LogP contribution in [0.25, 0.3) is 0 Å². The van der Waals surface area contributed by atoms with E-state index in [0.717, 1.165) is 45.0 Å². The molecule has 0 aromatic rings. The maximum Gasteiger partial charge on any atom is 0.193 e. The second-order valence-electron chi connectivity index (χ2n) is 8.60. The normalized spacial score (nSPS) is 22.4. The Hall–Kier alpha value is -0.0400. The van der Waals surface area contributed by atoms with Crippen molar-refractivity contribution in [1.29, 1.82) is 0 Å². The summed E-state index contributed by atoms with van der Waals surface area (Å²) < 4.78 is 6.14. The largest absolute Gasteiger partial charge is 0.372 e. The predicted molar refractivity (Wildman–Crippen MR) is 113 cm³/mol. The number of rotatable bonds is 4. The third kappa shape index (κ3) is 7.06. The van der Waals surface area contributed by atoms with Gasteiger partial charge in [0, 0.05) is 26.2 Å². The molecule has 0 aromatic carbocycles. The number of ether oxygens (including phenoxy) is 1. The van der Waals surface area contributed by atoms with Gasteiger partial charge in [-0.25, -0.2) is 0 Å². The van der Waals surface area contributed by atoms with Crippen molar-refractivity contribution in [3.05, 3.63) is 0 Å². The van der Waals surface area contributed by atoms with E-state index in [1.807, 2.05) is 0 Å². The van der Waals surface area contributed by atoms with E-state index < -0.39 is 0 Å². The van der Waals surface area contributed by atoms with Crippen LogP contribution < -0.4 is 5.32 Å². The Morgan fingerprint density at radius 1 is 1.21 bits per heavy atom. The summed E-state index contributed by atoms with van der Waals surface area (Å²) >= 11 is 0. The lowest BCUT2D eigenvalue weighted by Crippen LogP contribution is -2.48. The Bertz CT molecular complexity index is 392. The standard InChI is InChI=1S/C19H37N3O.HI/c1-6-20-17(21-15-19(5)11-7-8-12-19)22-13-9-16(10-14-22)23-18(2,3)4;/h16H,6-15H2,1-5H3,(H,20,21);1H. The summed E-state index contributed by atoms with van der Waals surface area (Å²) in [7, 11) is 0. The molecule has 1 N–H and O–H groups in total. The van der Waals surface area contributed by atoms with E-state index in [1.54, 1.807) is 0 Å². The molecule has 0 bridgehead atoms. The second-order valence-corrected chi connectivity index (χ2v) is 8.60. The van der Waals surface area contributed by atoms with Gasteiger partial charge in [-0.3, -0.25) is 4.99 Å². The van der Waals surface area contributed by atoms with Gasteiger partial charge < -0.3 is 15.0 Å². The quantitative estimate of drug-likeness (QED) is 0.390. The molecule has 0 radical (unpaired) electrons. The number of halogens is 1. The highest BCUT2D eigenvalue weighted by molar-refractivity contribution is 14.0. The lowest BCUT2D eigenvalue weighted by Gasteiger charge is -2.37. The molecule has 4 nitrogen and oxygen atoms in total. The molecule has 1 aliphatic heterocycles. The van der Waals surface area contributed by atoms with Crippen molar-refractivity contribution in [2.45, 2.75) is 84.8 Å². The molecule has 5 heteroatoms. The van der Waals surface area contributed by atoms with Crippen LogP contribution in [-0.4, -0.2) is 48.7 Å². The third-order valence-corrected chi connectivity index (χ3v) is 5.02. The third-order valence-electron chi connectivity index (χ3n) is 5.02. The zero-order valence-corrected chi connectivity index (χ0v) is 18.7. The summed E-state index contributed by atoms with van der Waals surface area (Å²) in [6.07, 6.45) is 7.99. The van der Waals surface area contributed by atoms with Crippen molar-refractivity contribution < 1.29 is 4.74 Å². The molecular formula is C19H38IN3O. The van der Waals surface area contributed by atoms with E-state index in [0.29, 0.717) is 11.5 Å². The SMILES string of the molecule is CCNC(=NCC1(C)CCCC1)N1CCC(OC(C)(C)C)CC1.I. The van der Waals surface area contributed by atoms with E-state index in [-0.39, 0.29) is 29.6 Å². The van der Waals surface area contributed by atoms with Gasteiger partial charge in [0.2, 0.25) is 0 Å². The Kier molecular flexibility index (Phi) is 8.80. The number of likely N-dealkylation sites (tertiary alicyclic amines) is 1. The summed E-state index contributed by atoms with van der Waals surface area (Å²) in [5.74, 6) is 1.11. The molecule has 0 atom stereocenters. The number of guanidine groups is 1. The van der Waals surface area contributed by atoms with E-state index in [9.17, 15) is 0 Å². The summed E-state index contributed by atoms with van der Waals surface area (Å²) in [6.45, 7) is 15.0. The van der Waals surface area contributed by atoms with Gasteiger partial charge in [0.25, 0.3) is 0 Å². The van der Waals surface area contributed by atoms with Gasteiger partial charge in [0.1, 0.15) is 0 Å². The number of aliphatic imine (C=N–C) groups is 1. The molecule has 0 unspecified atom stereocenters. The van der Waals surface area contributed by atoms with Crippen LogP contribution in [0.3, 0.4) is 0 Å². The van der Waals surface area contributed by atoms with E-state index in [2.05, 4.69) is 44.8 Å². The van der Waals surface area contributed by atoms with Crippen molar-refractivity contribution in [2.75, 3.05) is 26.2 Å². The topological polar surface area (TPSA) is 36.9 Å². The molecular weight excluding hydrogens is 413 g/mol. The summed E-state index contributed by atoms with van der Waals surface area (Å²) in [5, 5.41) is 3.49. The predicted octanol–water partition coefficient (Wildman–Crippen LogP) is 4.43. The van der Waals surface area contributed by atoms with Crippen LogP contribution in [0, 0.1) is 5.41 Å². The molecule has 2 rings (SSSR count). The Balaban J connectivity index is 0.00000288. The molecule has 2 fully saturated rings. The lowest BCUT2D eigenvalue weighted by molar-refractivity contribution is -0.0772. The first-order valence-electron chi connectivity index (χ1n) is 9.52. The van der Waals surface area contributed by atoms with Crippen molar-refractivity contribution in [2.24, 2.45) is 10.4 Å². The zero-order valence-electron chi connectivity index (χ0n) is 16.4. The van der Waals surface area contributed by atoms with Gasteiger partial charge in [-0.15, -0.1) is 24.0 Å². The number of nitrogens with zero attached hydrogens (tertiary/aromatic N) is 2. The van der Waals surface area contributed by atoms with E-state index >= 15 is 0 Å². The van der Waals surface area contributed by atoms with Crippen molar-refractivity contribution in [1.82, 2.24) is 10.2 Å².